The molecule has 1 aliphatic heterocycles. The summed E-state index contributed by atoms with van der Waals surface area (Å²) in [6.07, 6.45) is 2.04. The standard InChI is InChI=1S/C16H20BrN5O2.ClH/c1-22-16(20-15(21-22)11-6-8-18-9-7-11)19-14(23)10-24-13-4-2-12(17)3-5-13;/h2-5,11,18H,6-10H2,1H3,(H,19,20,21,23);1H. The highest BCUT2D eigenvalue weighted by Crippen LogP contribution is 2.23. The molecule has 1 aromatic carbocycles. The van der Waals surface area contributed by atoms with Crippen LogP contribution in [0.3, 0.4) is 0 Å². The van der Waals surface area contributed by atoms with E-state index in [1.54, 1.807) is 23.9 Å². The van der Waals surface area contributed by atoms with Crippen molar-refractivity contribution in [1.29, 1.82) is 0 Å². The molecule has 0 saturated carbocycles. The van der Waals surface area contributed by atoms with E-state index in [9.17, 15) is 4.79 Å². The SMILES string of the molecule is Cl.Cn1nc(C2CCNCC2)nc1NC(=O)COc1ccc(Br)cc1. The smallest absolute Gasteiger partial charge is 0.264 e. The molecule has 1 aliphatic rings. The Morgan fingerprint density at radius 3 is 2.72 bits per heavy atom. The van der Waals surface area contributed by atoms with Gasteiger partial charge in [0, 0.05) is 17.4 Å². The molecule has 0 unspecified atom stereocenters. The number of hydrogen-bond donors (Lipinski definition) is 2. The Bertz CT molecular complexity index is 701. The number of amides is 1. The van der Waals surface area contributed by atoms with Crippen LogP contribution >= 0.6 is 28.3 Å². The molecule has 25 heavy (non-hydrogen) atoms. The van der Waals surface area contributed by atoms with E-state index in [1.807, 2.05) is 12.1 Å². The van der Waals surface area contributed by atoms with Crippen LogP contribution in [0.15, 0.2) is 28.7 Å². The molecule has 9 heteroatoms. The molecular weight excluding hydrogens is 410 g/mol. The summed E-state index contributed by atoms with van der Waals surface area (Å²) in [5.74, 6) is 1.98. The Morgan fingerprint density at radius 1 is 1.36 bits per heavy atom. The second-order valence-corrected chi connectivity index (χ2v) is 6.65. The molecule has 0 atom stereocenters. The highest BCUT2D eigenvalue weighted by Gasteiger charge is 2.21. The minimum absolute atomic E-state index is 0. The number of aromatic nitrogens is 3. The third-order valence-electron chi connectivity index (χ3n) is 3.92. The lowest BCUT2D eigenvalue weighted by Crippen LogP contribution is -2.27. The third-order valence-corrected chi connectivity index (χ3v) is 4.45. The van der Waals surface area contributed by atoms with Gasteiger partial charge in [-0.3, -0.25) is 10.1 Å². The molecule has 1 saturated heterocycles. The van der Waals surface area contributed by atoms with Gasteiger partial charge < -0.3 is 10.1 Å². The van der Waals surface area contributed by atoms with E-state index in [0.29, 0.717) is 17.6 Å². The van der Waals surface area contributed by atoms with Crippen molar-refractivity contribution in [1.82, 2.24) is 20.1 Å². The molecule has 2 heterocycles. The van der Waals surface area contributed by atoms with Crippen LogP contribution in [0.2, 0.25) is 0 Å². The van der Waals surface area contributed by atoms with Crippen molar-refractivity contribution in [2.75, 3.05) is 25.0 Å². The number of nitrogens with zero attached hydrogens (tertiary/aromatic N) is 3. The minimum Gasteiger partial charge on any atom is -0.484 e. The predicted octanol–water partition coefficient (Wildman–Crippen LogP) is 2.48. The molecule has 2 N–H and O–H groups in total. The maximum absolute atomic E-state index is 12.1. The number of anilines is 1. The second-order valence-electron chi connectivity index (χ2n) is 5.73. The topological polar surface area (TPSA) is 81.1 Å². The van der Waals surface area contributed by atoms with Crippen molar-refractivity contribution in [3.8, 4) is 5.75 Å². The third kappa shape index (κ3) is 5.42. The monoisotopic (exact) mass is 429 g/mol. The summed E-state index contributed by atoms with van der Waals surface area (Å²) >= 11 is 3.36. The van der Waals surface area contributed by atoms with E-state index >= 15 is 0 Å². The van der Waals surface area contributed by atoms with Crippen molar-refractivity contribution < 1.29 is 9.53 Å². The molecule has 136 valence electrons. The lowest BCUT2D eigenvalue weighted by Gasteiger charge is -2.19. The first kappa shape index (κ1) is 19.7. The number of hydrogen-bond acceptors (Lipinski definition) is 5. The van der Waals surface area contributed by atoms with Crippen LogP contribution in [-0.2, 0) is 11.8 Å². The molecular formula is C16H21BrClN5O2. The summed E-state index contributed by atoms with van der Waals surface area (Å²) in [6.45, 7) is 1.88. The average molecular weight is 431 g/mol. The van der Waals surface area contributed by atoms with Gasteiger partial charge in [0.15, 0.2) is 12.4 Å². The fraction of sp³-hybridized carbons (Fsp3) is 0.438. The lowest BCUT2D eigenvalue weighted by atomic mass is 9.98. The van der Waals surface area contributed by atoms with Crippen LogP contribution < -0.4 is 15.4 Å². The number of benzene rings is 1. The van der Waals surface area contributed by atoms with Gasteiger partial charge in [-0.05, 0) is 50.2 Å². The highest BCUT2D eigenvalue weighted by atomic mass is 79.9. The zero-order valence-electron chi connectivity index (χ0n) is 13.9. The van der Waals surface area contributed by atoms with E-state index in [-0.39, 0.29) is 24.9 Å². The van der Waals surface area contributed by atoms with Crippen molar-refractivity contribution in [3.05, 3.63) is 34.6 Å². The van der Waals surface area contributed by atoms with Crippen LogP contribution in [0.25, 0.3) is 0 Å². The summed E-state index contributed by atoms with van der Waals surface area (Å²) in [4.78, 5) is 16.5. The molecule has 1 aromatic heterocycles. The van der Waals surface area contributed by atoms with Gasteiger partial charge in [-0.2, -0.15) is 10.1 Å². The van der Waals surface area contributed by atoms with Crippen LogP contribution in [0.5, 0.6) is 5.75 Å². The summed E-state index contributed by atoms with van der Waals surface area (Å²) in [7, 11) is 1.78. The molecule has 3 rings (SSSR count). The largest absolute Gasteiger partial charge is 0.484 e. The molecule has 1 amide bonds. The highest BCUT2D eigenvalue weighted by molar-refractivity contribution is 9.10. The zero-order valence-corrected chi connectivity index (χ0v) is 16.3. The van der Waals surface area contributed by atoms with Crippen LogP contribution in [0, 0.1) is 0 Å². The molecule has 7 nitrogen and oxygen atoms in total. The average Bonchev–Trinajstić information content (AvgIpc) is 2.96. The maximum Gasteiger partial charge on any atom is 0.264 e. The van der Waals surface area contributed by atoms with Crippen molar-refractivity contribution in [2.24, 2.45) is 7.05 Å². The summed E-state index contributed by atoms with van der Waals surface area (Å²) in [6, 6.07) is 7.33. The van der Waals surface area contributed by atoms with Gasteiger partial charge in [0.25, 0.3) is 5.91 Å². The fourth-order valence-electron chi connectivity index (χ4n) is 2.61. The Labute approximate surface area is 161 Å². The molecule has 0 radical (unpaired) electrons. The molecule has 2 aromatic rings. The Kier molecular flexibility index (Phi) is 7.22. The number of carbonyl (C=O) groups excluding carboxylic acids is 1. The van der Waals surface area contributed by atoms with Gasteiger partial charge in [-0.15, -0.1) is 12.4 Å². The van der Waals surface area contributed by atoms with E-state index < -0.39 is 0 Å². The Balaban J connectivity index is 0.00000225. The van der Waals surface area contributed by atoms with Crippen LogP contribution in [-0.4, -0.2) is 40.4 Å². The van der Waals surface area contributed by atoms with Crippen molar-refractivity contribution in [2.45, 2.75) is 18.8 Å². The molecule has 0 bridgehead atoms. The van der Waals surface area contributed by atoms with Gasteiger partial charge >= 0.3 is 0 Å². The van der Waals surface area contributed by atoms with Gasteiger partial charge in [-0.1, -0.05) is 15.9 Å². The first-order valence-corrected chi connectivity index (χ1v) is 8.71. The minimum atomic E-state index is -0.259. The number of aryl methyl sites for hydroxylation is 1. The number of halogens is 2. The van der Waals surface area contributed by atoms with Crippen molar-refractivity contribution in [3.63, 3.8) is 0 Å². The van der Waals surface area contributed by atoms with E-state index in [1.165, 1.54) is 0 Å². The Morgan fingerprint density at radius 2 is 2.04 bits per heavy atom. The summed E-state index contributed by atoms with van der Waals surface area (Å²) in [5, 5.41) is 10.5. The quantitative estimate of drug-likeness (QED) is 0.762. The molecule has 0 spiro atoms. The number of rotatable bonds is 5. The lowest BCUT2D eigenvalue weighted by molar-refractivity contribution is -0.118. The molecule has 0 aliphatic carbocycles. The van der Waals surface area contributed by atoms with Gasteiger partial charge in [0.2, 0.25) is 5.95 Å². The van der Waals surface area contributed by atoms with E-state index in [4.69, 9.17) is 4.74 Å². The van der Waals surface area contributed by atoms with Crippen LogP contribution in [0.1, 0.15) is 24.6 Å². The van der Waals surface area contributed by atoms with E-state index in [0.717, 1.165) is 36.2 Å². The first-order chi connectivity index (χ1) is 11.6. The second kappa shape index (κ2) is 9.17. The fourth-order valence-corrected chi connectivity index (χ4v) is 2.87. The number of piperidine rings is 1. The van der Waals surface area contributed by atoms with Gasteiger partial charge in [0.1, 0.15) is 5.75 Å². The number of carbonyl (C=O) groups is 1. The number of ether oxygens (including phenoxy) is 1. The first-order valence-electron chi connectivity index (χ1n) is 7.91. The maximum atomic E-state index is 12.1. The predicted molar refractivity (Wildman–Crippen MR) is 101 cm³/mol. The van der Waals surface area contributed by atoms with E-state index in [2.05, 4.69) is 36.6 Å². The number of nitrogens with one attached hydrogen (secondary N) is 2. The van der Waals surface area contributed by atoms with Crippen LogP contribution in [0.4, 0.5) is 5.95 Å². The normalized spacial score (nSPS) is 14.6. The summed E-state index contributed by atoms with van der Waals surface area (Å²) in [5.41, 5.74) is 0. The van der Waals surface area contributed by atoms with Crippen molar-refractivity contribution >= 4 is 40.2 Å². The molecule has 1 fully saturated rings. The zero-order chi connectivity index (χ0) is 16.9. The van der Waals surface area contributed by atoms with Gasteiger partial charge in [0.05, 0.1) is 0 Å². The summed E-state index contributed by atoms with van der Waals surface area (Å²) < 4.78 is 8.03. The van der Waals surface area contributed by atoms with Gasteiger partial charge in [-0.25, -0.2) is 4.68 Å². The Hall–Kier alpha value is -1.64.